The van der Waals surface area contributed by atoms with Gasteiger partial charge in [-0.2, -0.15) is 0 Å². The predicted octanol–water partition coefficient (Wildman–Crippen LogP) is 5.03. The van der Waals surface area contributed by atoms with Crippen molar-refractivity contribution in [1.29, 1.82) is 0 Å². The second-order valence-corrected chi connectivity index (χ2v) is 5.68. The molecule has 0 radical (unpaired) electrons. The van der Waals surface area contributed by atoms with Crippen molar-refractivity contribution in [2.45, 2.75) is 32.6 Å². The summed E-state index contributed by atoms with van der Waals surface area (Å²) in [6, 6.07) is 9.27. The van der Waals surface area contributed by atoms with E-state index in [2.05, 4.69) is 0 Å². The van der Waals surface area contributed by atoms with Crippen molar-refractivity contribution in [1.82, 2.24) is 0 Å². The Morgan fingerprint density at radius 3 is 2.70 bits per heavy atom. The molecule has 20 heavy (non-hydrogen) atoms. The van der Waals surface area contributed by atoms with Crippen LogP contribution in [0.15, 0.2) is 30.3 Å². The average Bonchev–Trinajstić information content (AvgIpc) is 2.46. The maximum absolute atomic E-state index is 10.1. The van der Waals surface area contributed by atoms with Gasteiger partial charge < -0.3 is 9.84 Å². The van der Waals surface area contributed by atoms with Gasteiger partial charge in [0.2, 0.25) is 0 Å². The number of ether oxygens (including phenoxy) is 1. The summed E-state index contributed by atoms with van der Waals surface area (Å²) >= 11 is 6.03. The summed E-state index contributed by atoms with van der Waals surface area (Å²) in [5.74, 6) is 1.52. The van der Waals surface area contributed by atoms with Crippen molar-refractivity contribution in [2.24, 2.45) is 0 Å². The van der Waals surface area contributed by atoms with Gasteiger partial charge in [0.05, 0.1) is 0 Å². The van der Waals surface area contributed by atoms with Crippen LogP contribution in [-0.4, -0.2) is 5.11 Å². The molecule has 0 heterocycles. The lowest BCUT2D eigenvalue weighted by atomic mass is 9.91. The Kier molecular flexibility index (Phi) is 3.58. The summed E-state index contributed by atoms with van der Waals surface area (Å²) in [6.07, 6.45) is 4.38. The number of fused-ring (bicyclic) bond motifs is 1. The zero-order valence-corrected chi connectivity index (χ0v) is 12.2. The summed E-state index contributed by atoms with van der Waals surface area (Å²) in [5, 5.41) is 10.8. The predicted molar refractivity (Wildman–Crippen MR) is 81.0 cm³/mol. The minimum Gasteiger partial charge on any atom is -0.504 e. The number of phenolic OH excluding ortho intramolecular Hbond substituents is 1. The molecular weight excluding hydrogens is 272 g/mol. The lowest BCUT2D eigenvalue weighted by molar-refractivity contribution is 0.404. The molecule has 0 spiro atoms. The van der Waals surface area contributed by atoms with Gasteiger partial charge in [0.25, 0.3) is 0 Å². The zero-order chi connectivity index (χ0) is 14.1. The van der Waals surface area contributed by atoms with Crippen molar-refractivity contribution >= 4 is 11.6 Å². The van der Waals surface area contributed by atoms with E-state index >= 15 is 0 Å². The fraction of sp³-hybridized carbons (Fsp3) is 0.294. The molecule has 0 atom stereocenters. The van der Waals surface area contributed by atoms with E-state index in [1.54, 1.807) is 6.07 Å². The fourth-order valence-electron chi connectivity index (χ4n) is 2.69. The SMILES string of the molecule is Cc1cc(Oc2c(O)ccc3c2CCCC3)ccc1Cl. The van der Waals surface area contributed by atoms with Crippen molar-refractivity contribution in [3.05, 3.63) is 52.0 Å². The second-order valence-electron chi connectivity index (χ2n) is 5.27. The molecule has 0 aromatic heterocycles. The molecular formula is C17H17ClO2. The molecule has 2 aromatic rings. The van der Waals surface area contributed by atoms with E-state index in [1.807, 2.05) is 31.2 Å². The van der Waals surface area contributed by atoms with Gasteiger partial charge in [0.15, 0.2) is 11.5 Å². The quantitative estimate of drug-likeness (QED) is 0.840. The number of aromatic hydroxyl groups is 1. The molecule has 1 aliphatic carbocycles. The van der Waals surface area contributed by atoms with Gasteiger partial charge >= 0.3 is 0 Å². The van der Waals surface area contributed by atoms with E-state index in [-0.39, 0.29) is 5.75 Å². The van der Waals surface area contributed by atoms with Crippen LogP contribution in [0.2, 0.25) is 5.02 Å². The summed E-state index contributed by atoms with van der Waals surface area (Å²) in [6.45, 7) is 1.94. The van der Waals surface area contributed by atoms with Crippen LogP contribution in [-0.2, 0) is 12.8 Å². The average molecular weight is 289 g/mol. The third-order valence-corrected chi connectivity index (χ3v) is 4.23. The highest BCUT2D eigenvalue weighted by Crippen LogP contribution is 2.39. The van der Waals surface area contributed by atoms with E-state index in [4.69, 9.17) is 16.3 Å². The fourth-order valence-corrected chi connectivity index (χ4v) is 2.81. The van der Waals surface area contributed by atoms with Crippen LogP contribution in [0.25, 0.3) is 0 Å². The van der Waals surface area contributed by atoms with Gasteiger partial charge in [-0.1, -0.05) is 17.7 Å². The first-order valence-electron chi connectivity index (χ1n) is 6.93. The van der Waals surface area contributed by atoms with Crippen molar-refractivity contribution in [2.75, 3.05) is 0 Å². The van der Waals surface area contributed by atoms with Gasteiger partial charge in [-0.15, -0.1) is 0 Å². The third kappa shape index (κ3) is 2.48. The summed E-state index contributed by atoms with van der Waals surface area (Å²) in [5.41, 5.74) is 3.40. The van der Waals surface area contributed by atoms with Gasteiger partial charge in [-0.3, -0.25) is 0 Å². The molecule has 2 aromatic carbocycles. The molecule has 0 unspecified atom stereocenters. The van der Waals surface area contributed by atoms with E-state index in [9.17, 15) is 5.11 Å². The van der Waals surface area contributed by atoms with Gasteiger partial charge in [0.1, 0.15) is 5.75 Å². The Morgan fingerprint density at radius 1 is 1.10 bits per heavy atom. The number of halogens is 1. The smallest absolute Gasteiger partial charge is 0.172 e. The summed E-state index contributed by atoms with van der Waals surface area (Å²) in [4.78, 5) is 0. The number of phenols is 1. The van der Waals surface area contributed by atoms with Crippen LogP contribution < -0.4 is 4.74 Å². The maximum Gasteiger partial charge on any atom is 0.172 e. The third-order valence-electron chi connectivity index (χ3n) is 3.81. The van der Waals surface area contributed by atoms with Gasteiger partial charge in [-0.25, -0.2) is 0 Å². The van der Waals surface area contributed by atoms with Gasteiger partial charge in [-0.05, 0) is 68.0 Å². The molecule has 104 valence electrons. The minimum absolute atomic E-state index is 0.207. The molecule has 0 saturated heterocycles. The Labute approximate surface area is 124 Å². The molecule has 0 aliphatic heterocycles. The van der Waals surface area contributed by atoms with Crippen LogP contribution >= 0.6 is 11.6 Å². The van der Waals surface area contributed by atoms with E-state index in [0.29, 0.717) is 11.5 Å². The van der Waals surface area contributed by atoms with E-state index < -0.39 is 0 Å². The Morgan fingerprint density at radius 2 is 1.90 bits per heavy atom. The van der Waals surface area contributed by atoms with Crippen LogP contribution in [0.1, 0.15) is 29.5 Å². The van der Waals surface area contributed by atoms with Crippen molar-refractivity contribution < 1.29 is 9.84 Å². The second kappa shape index (κ2) is 5.37. The molecule has 1 N–H and O–H groups in total. The van der Waals surface area contributed by atoms with Crippen LogP contribution in [0.4, 0.5) is 0 Å². The standard InChI is InChI=1S/C17H17ClO2/c1-11-10-13(7-8-15(11)18)20-17-14-5-3-2-4-12(14)6-9-16(17)19/h6-10,19H,2-5H2,1H3. The highest BCUT2D eigenvalue weighted by molar-refractivity contribution is 6.31. The largest absolute Gasteiger partial charge is 0.504 e. The van der Waals surface area contributed by atoms with E-state index in [0.717, 1.165) is 35.4 Å². The maximum atomic E-state index is 10.1. The first-order valence-corrected chi connectivity index (χ1v) is 7.30. The topological polar surface area (TPSA) is 29.5 Å². The molecule has 2 nitrogen and oxygen atoms in total. The van der Waals surface area contributed by atoms with Crippen LogP contribution in [0.5, 0.6) is 17.2 Å². The number of rotatable bonds is 2. The summed E-state index contributed by atoms with van der Waals surface area (Å²) < 4.78 is 5.93. The lowest BCUT2D eigenvalue weighted by Gasteiger charge is -2.20. The Balaban J connectivity index is 1.99. The highest BCUT2D eigenvalue weighted by Gasteiger charge is 2.18. The number of benzene rings is 2. The Hall–Kier alpha value is -1.67. The monoisotopic (exact) mass is 288 g/mol. The van der Waals surface area contributed by atoms with Crippen LogP contribution in [0.3, 0.4) is 0 Å². The lowest BCUT2D eigenvalue weighted by Crippen LogP contribution is -2.04. The first kappa shape index (κ1) is 13.3. The molecule has 0 amide bonds. The Bertz CT molecular complexity index is 650. The molecule has 0 saturated carbocycles. The van der Waals surface area contributed by atoms with Gasteiger partial charge in [0, 0.05) is 10.6 Å². The minimum atomic E-state index is 0.207. The normalized spacial score (nSPS) is 13.9. The molecule has 3 rings (SSSR count). The number of hydrogen-bond acceptors (Lipinski definition) is 2. The molecule has 3 heteroatoms. The van der Waals surface area contributed by atoms with E-state index in [1.165, 1.54) is 12.0 Å². The molecule has 0 fully saturated rings. The molecule has 0 bridgehead atoms. The van der Waals surface area contributed by atoms with Crippen molar-refractivity contribution in [3.63, 3.8) is 0 Å². The highest BCUT2D eigenvalue weighted by atomic mass is 35.5. The first-order chi connectivity index (χ1) is 9.65. The number of aryl methyl sites for hydroxylation is 2. The zero-order valence-electron chi connectivity index (χ0n) is 11.4. The number of hydrogen-bond donors (Lipinski definition) is 1. The molecule has 1 aliphatic rings. The summed E-state index contributed by atoms with van der Waals surface area (Å²) in [7, 11) is 0. The van der Waals surface area contributed by atoms with Crippen LogP contribution in [0, 0.1) is 6.92 Å². The van der Waals surface area contributed by atoms with Crippen molar-refractivity contribution in [3.8, 4) is 17.2 Å².